The molecular weight excluding hydrogens is 366 g/mol. The second-order valence-corrected chi connectivity index (χ2v) is 9.21. The number of aryl methyl sites for hydroxylation is 2. The van der Waals surface area contributed by atoms with Crippen LogP contribution in [-0.4, -0.2) is 65.5 Å². The molecule has 1 aliphatic heterocycles. The zero-order valence-corrected chi connectivity index (χ0v) is 18.4. The molecule has 6 nitrogen and oxygen atoms in total. The normalized spacial score (nSPS) is 17.4. The molecule has 1 unspecified atom stereocenters. The van der Waals surface area contributed by atoms with E-state index in [2.05, 4.69) is 54.8 Å². The summed E-state index contributed by atoms with van der Waals surface area (Å²) in [4.78, 5) is 4.66. The quantitative estimate of drug-likeness (QED) is 0.769. The Hall–Kier alpha value is -1.89. The molecule has 1 saturated heterocycles. The van der Waals surface area contributed by atoms with E-state index < -0.39 is 6.10 Å². The van der Waals surface area contributed by atoms with Gasteiger partial charge in [-0.2, -0.15) is 0 Å². The Labute approximate surface area is 174 Å². The molecule has 2 heterocycles. The Morgan fingerprint density at radius 3 is 2.38 bits per heavy atom. The van der Waals surface area contributed by atoms with Crippen LogP contribution in [0.1, 0.15) is 43.4 Å². The molecule has 0 radical (unpaired) electrons. The Bertz CT molecular complexity index is 789. The molecule has 1 N–H and O–H groups in total. The van der Waals surface area contributed by atoms with E-state index in [0.29, 0.717) is 13.2 Å². The van der Waals surface area contributed by atoms with Crippen LogP contribution < -0.4 is 4.74 Å². The summed E-state index contributed by atoms with van der Waals surface area (Å²) in [6.07, 6.45) is -0.500. The van der Waals surface area contributed by atoms with Gasteiger partial charge < -0.3 is 14.4 Å². The number of aliphatic hydroxyl groups excluding tert-OH is 1. The lowest BCUT2D eigenvalue weighted by molar-refractivity contribution is 0.0428. The maximum absolute atomic E-state index is 10.4. The van der Waals surface area contributed by atoms with Crippen LogP contribution in [0, 0.1) is 13.8 Å². The van der Waals surface area contributed by atoms with Crippen molar-refractivity contribution < 1.29 is 14.4 Å². The van der Waals surface area contributed by atoms with Crippen molar-refractivity contribution >= 4 is 0 Å². The van der Waals surface area contributed by atoms with Crippen molar-refractivity contribution in [2.45, 2.75) is 52.7 Å². The number of β-amino-alcohol motifs (C(OH)–C–C–N with tert-alkyl or cyclic N) is 1. The van der Waals surface area contributed by atoms with Crippen molar-refractivity contribution in [2.75, 3.05) is 39.3 Å². The highest BCUT2D eigenvalue weighted by Gasteiger charge is 2.21. The van der Waals surface area contributed by atoms with Crippen molar-refractivity contribution in [1.29, 1.82) is 0 Å². The summed E-state index contributed by atoms with van der Waals surface area (Å²) in [5.41, 5.74) is 3.45. The first-order chi connectivity index (χ1) is 13.7. The van der Waals surface area contributed by atoms with Gasteiger partial charge in [0.25, 0.3) is 0 Å². The van der Waals surface area contributed by atoms with Crippen molar-refractivity contribution in [2.24, 2.45) is 0 Å². The molecule has 6 heteroatoms. The minimum absolute atomic E-state index is 0.122. The highest BCUT2D eigenvalue weighted by atomic mass is 16.5. The van der Waals surface area contributed by atoms with Gasteiger partial charge in [-0.15, -0.1) is 0 Å². The van der Waals surface area contributed by atoms with E-state index in [1.54, 1.807) is 0 Å². The number of ether oxygens (including phenoxy) is 1. The number of piperazine rings is 1. The van der Waals surface area contributed by atoms with E-state index in [0.717, 1.165) is 55.5 Å². The minimum Gasteiger partial charge on any atom is -0.491 e. The summed E-state index contributed by atoms with van der Waals surface area (Å²) in [5, 5.41) is 14.4. The minimum atomic E-state index is -0.500. The third kappa shape index (κ3) is 6.29. The van der Waals surface area contributed by atoms with Crippen LogP contribution in [0.4, 0.5) is 0 Å². The number of rotatable bonds is 7. The lowest BCUT2D eigenvalue weighted by atomic mass is 9.86. The number of aliphatic hydroxyl groups is 1. The number of aromatic nitrogens is 1. The van der Waals surface area contributed by atoms with E-state index >= 15 is 0 Å². The molecule has 0 aliphatic carbocycles. The second kappa shape index (κ2) is 9.28. The first kappa shape index (κ1) is 21.8. The van der Waals surface area contributed by atoms with Gasteiger partial charge in [0.05, 0.1) is 12.2 Å². The largest absolute Gasteiger partial charge is 0.491 e. The topological polar surface area (TPSA) is 62.0 Å². The van der Waals surface area contributed by atoms with Gasteiger partial charge in [0.1, 0.15) is 18.5 Å². The second-order valence-electron chi connectivity index (χ2n) is 9.21. The molecule has 1 fully saturated rings. The predicted octanol–water partition coefficient (Wildman–Crippen LogP) is 3.15. The van der Waals surface area contributed by atoms with Crippen LogP contribution in [-0.2, 0) is 12.0 Å². The van der Waals surface area contributed by atoms with Crippen LogP contribution in [0.25, 0.3) is 0 Å². The summed E-state index contributed by atoms with van der Waals surface area (Å²) >= 11 is 0. The molecule has 160 valence electrons. The first-order valence-electron chi connectivity index (χ1n) is 10.5. The average molecular weight is 402 g/mol. The summed E-state index contributed by atoms with van der Waals surface area (Å²) < 4.78 is 11.2. The van der Waals surface area contributed by atoms with Crippen LogP contribution in [0.2, 0.25) is 0 Å². The van der Waals surface area contributed by atoms with E-state index in [9.17, 15) is 5.11 Å². The van der Waals surface area contributed by atoms with Gasteiger partial charge in [0, 0.05) is 38.8 Å². The van der Waals surface area contributed by atoms with E-state index in [4.69, 9.17) is 9.26 Å². The summed E-state index contributed by atoms with van der Waals surface area (Å²) in [6.45, 7) is 16.1. The predicted molar refractivity (Wildman–Crippen MR) is 114 cm³/mol. The van der Waals surface area contributed by atoms with Gasteiger partial charge >= 0.3 is 0 Å². The molecule has 29 heavy (non-hydrogen) atoms. The third-order valence-electron chi connectivity index (χ3n) is 5.46. The van der Waals surface area contributed by atoms with Crippen LogP contribution in [0.3, 0.4) is 0 Å². The van der Waals surface area contributed by atoms with Crippen molar-refractivity contribution in [1.82, 2.24) is 15.0 Å². The van der Waals surface area contributed by atoms with Gasteiger partial charge in [0.15, 0.2) is 5.76 Å². The van der Waals surface area contributed by atoms with Gasteiger partial charge in [-0.3, -0.25) is 9.80 Å². The smallest absolute Gasteiger partial charge is 0.150 e. The number of hydrogen-bond donors (Lipinski definition) is 1. The van der Waals surface area contributed by atoms with E-state index in [1.807, 2.05) is 19.1 Å². The highest BCUT2D eigenvalue weighted by Crippen LogP contribution is 2.27. The Morgan fingerprint density at radius 2 is 1.79 bits per heavy atom. The van der Waals surface area contributed by atoms with E-state index in [-0.39, 0.29) is 5.41 Å². The van der Waals surface area contributed by atoms with Crippen LogP contribution in [0.15, 0.2) is 28.8 Å². The first-order valence-corrected chi connectivity index (χ1v) is 10.5. The molecule has 0 amide bonds. The standard InChI is InChI=1S/C23H35N3O3/c1-17-12-19(23(3,4)5)6-7-22(17)28-16-20(27)14-25-8-10-26(11-9-25)15-21-13-18(2)24-29-21/h6-7,12-13,20,27H,8-11,14-16H2,1-5H3. The number of benzene rings is 1. The van der Waals surface area contributed by atoms with E-state index in [1.165, 1.54) is 5.56 Å². The fraction of sp³-hybridized carbons (Fsp3) is 0.609. The molecular formula is C23H35N3O3. The van der Waals surface area contributed by atoms with Crippen molar-refractivity contribution in [3.8, 4) is 5.75 Å². The average Bonchev–Trinajstić information content (AvgIpc) is 3.06. The highest BCUT2D eigenvalue weighted by molar-refractivity contribution is 5.38. The summed E-state index contributed by atoms with van der Waals surface area (Å²) in [5.74, 6) is 1.77. The number of nitrogens with zero attached hydrogens (tertiary/aromatic N) is 3. The molecule has 2 aromatic rings. The fourth-order valence-corrected chi connectivity index (χ4v) is 3.66. The number of hydrogen-bond acceptors (Lipinski definition) is 6. The maximum atomic E-state index is 10.4. The molecule has 0 saturated carbocycles. The fourth-order valence-electron chi connectivity index (χ4n) is 3.66. The Morgan fingerprint density at radius 1 is 1.10 bits per heavy atom. The molecule has 3 rings (SSSR count). The van der Waals surface area contributed by atoms with Crippen LogP contribution >= 0.6 is 0 Å². The molecule has 0 bridgehead atoms. The van der Waals surface area contributed by atoms with Gasteiger partial charge in [-0.25, -0.2) is 0 Å². The molecule has 0 spiro atoms. The monoisotopic (exact) mass is 401 g/mol. The molecule has 1 aromatic heterocycles. The van der Waals surface area contributed by atoms with Gasteiger partial charge in [-0.05, 0) is 36.5 Å². The van der Waals surface area contributed by atoms with Crippen molar-refractivity contribution in [3.05, 3.63) is 46.8 Å². The molecule has 1 aliphatic rings. The third-order valence-corrected chi connectivity index (χ3v) is 5.46. The van der Waals surface area contributed by atoms with Crippen LogP contribution in [0.5, 0.6) is 5.75 Å². The summed E-state index contributed by atoms with van der Waals surface area (Å²) in [7, 11) is 0. The van der Waals surface area contributed by atoms with Crippen molar-refractivity contribution in [3.63, 3.8) is 0 Å². The zero-order chi connectivity index (χ0) is 21.0. The van der Waals surface area contributed by atoms with Gasteiger partial charge in [0.2, 0.25) is 0 Å². The Kier molecular flexibility index (Phi) is 6.98. The summed E-state index contributed by atoms with van der Waals surface area (Å²) in [6, 6.07) is 8.30. The SMILES string of the molecule is Cc1cc(CN2CCN(CC(O)COc3ccc(C(C)(C)C)cc3C)CC2)on1. The lowest BCUT2D eigenvalue weighted by Crippen LogP contribution is -2.48. The maximum Gasteiger partial charge on any atom is 0.150 e. The van der Waals surface area contributed by atoms with Gasteiger partial charge in [-0.1, -0.05) is 38.1 Å². The molecule has 1 atom stereocenters. The zero-order valence-electron chi connectivity index (χ0n) is 18.4. The molecule has 1 aromatic carbocycles. The Balaban J connectivity index is 1.41. The lowest BCUT2D eigenvalue weighted by Gasteiger charge is -2.35.